The van der Waals surface area contributed by atoms with Gasteiger partial charge in [0.1, 0.15) is 11.5 Å². The lowest BCUT2D eigenvalue weighted by molar-refractivity contribution is -0.384. The Kier molecular flexibility index (Phi) is 6.56. The Morgan fingerprint density at radius 1 is 1.27 bits per heavy atom. The highest BCUT2D eigenvalue weighted by Gasteiger charge is 2.17. The molecular weight excluding hydrogens is 411 g/mol. The molecule has 1 N–H and O–H groups in total. The molecule has 0 heterocycles. The third-order valence-electron chi connectivity index (χ3n) is 3.04. The van der Waals surface area contributed by atoms with Gasteiger partial charge in [-0.3, -0.25) is 14.9 Å². The van der Waals surface area contributed by atoms with E-state index in [1.54, 1.807) is 18.2 Å². The molecular formula is C17H12BrFN2O5. The molecule has 0 radical (unpaired) electrons. The Hall–Kier alpha value is -3.07. The van der Waals surface area contributed by atoms with Gasteiger partial charge in [0.05, 0.1) is 11.0 Å². The summed E-state index contributed by atoms with van der Waals surface area (Å²) in [6, 6.07) is 9.88. The van der Waals surface area contributed by atoms with E-state index in [0.717, 1.165) is 28.2 Å². The number of hydrogen-bond donors (Lipinski definition) is 1. The van der Waals surface area contributed by atoms with Crippen LogP contribution in [0, 0.1) is 15.9 Å². The minimum Gasteiger partial charge on any atom is -0.452 e. The number of carbonyl (C=O) groups is 2. The van der Waals surface area contributed by atoms with E-state index in [-0.39, 0.29) is 5.69 Å². The number of ether oxygens (including phenoxy) is 1. The molecule has 0 aliphatic heterocycles. The first-order chi connectivity index (χ1) is 12.3. The van der Waals surface area contributed by atoms with Crippen LogP contribution in [0.5, 0.6) is 0 Å². The summed E-state index contributed by atoms with van der Waals surface area (Å²) in [5.74, 6) is -2.35. The molecule has 0 aliphatic rings. The highest BCUT2D eigenvalue weighted by Crippen LogP contribution is 2.24. The molecule has 0 atom stereocenters. The number of carbonyl (C=O) groups excluding carboxylic acids is 2. The smallest absolute Gasteiger partial charge is 0.331 e. The van der Waals surface area contributed by atoms with Crippen molar-refractivity contribution in [1.29, 1.82) is 0 Å². The predicted octanol–water partition coefficient (Wildman–Crippen LogP) is 3.69. The molecule has 0 bridgehead atoms. The summed E-state index contributed by atoms with van der Waals surface area (Å²) in [6.45, 7) is -0.643. The van der Waals surface area contributed by atoms with Crippen molar-refractivity contribution in [2.45, 2.75) is 0 Å². The van der Waals surface area contributed by atoms with E-state index in [9.17, 15) is 24.1 Å². The van der Waals surface area contributed by atoms with Gasteiger partial charge in [0.2, 0.25) is 0 Å². The zero-order valence-corrected chi connectivity index (χ0v) is 14.7. The second-order valence-electron chi connectivity index (χ2n) is 4.96. The zero-order chi connectivity index (χ0) is 19.1. The molecule has 2 aromatic rings. The van der Waals surface area contributed by atoms with E-state index < -0.39 is 34.9 Å². The van der Waals surface area contributed by atoms with Crippen LogP contribution < -0.4 is 5.32 Å². The summed E-state index contributed by atoms with van der Waals surface area (Å²) in [5, 5.41) is 13.1. The van der Waals surface area contributed by atoms with Crippen LogP contribution in [0.4, 0.5) is 15.8 Å². The highest BCUT2D eigenvalue weighted by atomic mass is 79.9. The van der Waals surface area contributed by atoms with E-state index in [0.29, 0.717) is 6.07 Å². The fraction of sp³-hybridized carbons (Fsp3) is 0.0588. The average Bonchev–Trinajstić information content (AvgIpc) is 2.59. The minimum absolute atomic E-state index is 0.192. The van der Waals surface area contributed by atoms with Crippen molar-refractivity contribution in [3.8, 4) is 0 Å². The summed E-state index contributed by atoms with van der Waals surface area (Å²) < 4.78 is 18.7. The molecule has 7 nitrogen and oxygen atoms in total. The summed E-state index contributed by atoms with van der Waals surface area (Å²) in [5.41, 5.74) is -0.0379. The molecule has 0 aromatic heterocycles. The fourth-order valence-corrected chi connectivity index (χ4v) is 2.32. The molecule has 0 unspecified atom stereocenters. The van der Waals surface area contributed by atoms with Crippen molar-refractivity contribution in [2.75, 3.05) is 11.9 Å². The number of nitro benzene ring substituents is 1. The lowest BCUT2D eigenvalue weighted by Gasteiger charge is -2.06. The van der Waals surface area contributed by atoms with Gasteiger partial charge in [-0.1, -0.05) is 28.1 Å². The van der Waals surface area contributed by atoms with Crippen LogP contribution in [0.25, 0.3) is 6.08 Å². The van der Waals surface area contributed by atoms with Gasteiger partial charge in [0.25, 0.3) is 11.6 Å². The van der Waals surface area contributed by atoms with Gasteiger partial charge in [0.15, 0.2) is 6.61 Å². The number of nitrogens with one attached hydrogen (secondary N) is 1. The van der Waals surface area contributed by atoms with Crippen molar-refractivity contribution in [3.05, 3.63) is 74.5 Å². The van der Waals surface area contributed by atoms with Gasteiger partial charge >= 0.3 is 5.97 Å². The minimum atomic E-state index is -0.828. The third-order valence-corrected chi connectivity index (χ3v) is 3.53. The molecule has 0 spiro atoms. The highest BCUT2D eigenvalue weighted by molar-refractivity contribution is 9.10. The number of nitrogens with zero attached hydrogens (tertiary/aromatic N) is 1. The summed E-state index contributed by atoms with van der Waals surface area (Å²) in [4.78, 5) is 33.4. The number of hydrogen-bond acceptors (Lipinski definition) is 5. The van der Waals surface area contributed by atoms with E-state index in [1.165, 1.54) is 6.08 Å². The van der Waals surface area contributed by atoms with Crippen molar-refractivity contribution in [3.63, 3.8) is 0 Å². The van der Waals surface area contributed by atoms with Crippen molar-refractivity contribution in [1.82, 2.24) is 0 Å². The largest absolute Gasteiger partial charge is 0.452 e. The van der Waals surface area contributed by atoms with Crippen LogP contribution >= 0.6 is 15.9 Å². The quantitative estimate of drug-likeness (QED) is 0.331. The van der Waals surface area contributed by atoms with Crippen molar-refractivity contribution < 1.29 is 23.6 Å². The standard InChI is InChI=1S/C17H12BrFN2O5/c18-12-3-1-2-11(8-12)4-7-17(23)26-10-16(22)20-14-6-5-13(19)9-15(14)21(24)25/h1-9H,10H2,(H,20,22)/b7-4+. The van der Waals surface area contributed by atoms with Crippen molar-refractivity contribution >= 4 is 45.3 Å². The fourth-order valence-electron chi connectivity index (χ4n) is 1.91. The van der Waals surface area contributed by atoms with E-state index >= 15 is 0 Å². The van der Waals surface area contributed by atoms with Crippen LogP contribution in [-0.2, 0) is 14.3 Å². The summed E-state index contributed by atoms with van der Waals surface area (Å²) in [6.07, 6.45) is 2.66. The average molecular weight is 423 g/mol. The Balaban J connectivity index is 1.91. The molecule has 0 saturated heterocycles. The lowest BCUT2D eigenvalue weighted by Crippen LogP contribution is -2.20. The Morgan fingerprint density at radius 3 is 2.73 bits per heavy atom. The molecule has 134 valence electrons. The zero-order valence-electron chi connectivity index (χ0n) is 13.1. The van der Waals surface area contributed by atoms with Crippen LogP contribution in [-0.4, -0.2) is 23.4 Å². The van der Waals surface area contributed by atoms with E-state index in [2.05, 4.69) is 21.2 Å². The molecule has 1 amide bonds. The number of rotatable bonds is 6. The first kappa shape index (κ1) is 19.3. The second-order valence-corrected chi connectivity index (χ2v) is 5.88. The van der Waals surface area contributed by atoms with Crippen LogP contribution in [0.15, 0.2) is 53.0 Å². The van der Waals surface area contributed by atoms with Crippen LogP contribution in [0.1, 0.15) is 5.56 Å². The van der Waals surface area contributed by atoms with Gasteiger partial charge in [0, 0.05) is 10.5 Å². The maximum Gasteiger partial charge on any atom is 0.331 e. The third kappa shape index (κ3) is 5.78. The maximum atomic E-state index is 13.1. The van der Waals surface area contributed by atoms with Crippen LogP contribution in [0.3, 0.4) is 0 Å². The van der Waals surface area contributed by atoms with E-state index in [1.807, 2.05) is 6.07 Å². The van der Waals surface area contributed by atoms with Gasteiger partial charge in [-0.2, -0.15) is 0 Å². The summed E-state index contributed by atoms with van der Waals surface area (Å²) in [7, 11) is 0. The van der Waals surface area contributed by atoms with Crippen LogP contribution in [0.2, 0.25) is 0 Å². The first-order valence-corrected chi connectivity index (χ1v) is 7.98. The first-order valence-electron chi connectivity index (χ1n) is 7.19. The number of esters is 1. The molecule has 26 heavy (non-hydrogen) atoms. The monoisotopic (exact) mass is 422 g/mol. The van der Waals surface area contributed by atoms with Gasteiger partial charge in [-0.25, -0.2) is 9.18 Å². The number of benzene rings is 2. The molecule has 2 aromatic carbocycles. The molecule has 0 saturated carbocycles. The number of anilines is 1. The Labute approximate surface area is 155 Å². The molecule has 9 heteroatoms. The van der Waals surface area contributed by atoms with E-state index in [4.69, 9.17) is 4.74 Å². The molecule has 2 rings (SSSR count). The van der Waals surface area contributed by atoms with Crippen molar-refractivity contribution in [2.24, 2.45) is 0 Å². The predicted molar refractivity (Wildman–Crippen MR) is 95.8 cm³/mol. The summed E-state index contributed by atoms with van der Waals surface area (Å²) >= 11 is 3.30. The Morgan fingerprint density at radius 2 is 2.04 bits per heavy atom. The molecule has 0 fully saturated rings. The maximum absolute atomic E-state index is 13.1. The number of amides is 1. The van der Waals surface area contributed by atoms with Gasteiger partial charge in [-0.05, 0) is 35.9 Å². The second kappa shape index (κ2) is 8.86. The topological polar surface area (TPSA) is 98.5 Å². The van der Waals surface area contributed by atoms with Gasteiger partial charge in [-0.15, -0.1) is 0 Å². The number of halogens is 2. The molecule has 0 aliphatic carbocycles. The number of nitro groups is 1. The SMILES string of the molecule is O=C(COC(=O)/C=C/c1cccc(Br)c1)Nc1ccc(F)cc1[N+](=O)[O-]. The van der Waals surface area contributed by atoms with Gasteiger partial charge < -0.3 is 10.1 Å². The lowest BCUT2D eigenvalue weighted by atomic mass is 10.2. The Bertz CT molecular complexity index is 885. The normalized spacial score (nSPS) is 10.5.